The molecule has 2 rings (SSSR count). The summed E-state index contributed by atoms with van der Waals surface area (Å²) >= 11 is 0. The maximum atomic E-state index is 12.4. The predicted molar refractivity (Wildman–Crippen MR) is 102 cm³/mol. The number of benzene rings is 2. The van der Waals surface area contributed by atoms with Crippen LogP contribution >= 0.6 is 0 Å². The highest BCUT2D eigenvalue weighted by Crippen LogP contribution is 2.23. The van der Waals surface area contributed by atoms with Gasteiger partial charge in [0.15, 0.2) is 6.10 Å². The number of amides is 1. The van der Waals surface area contributed by atoms with Crippen molar-refractivity contribution in [2.45, 2.75) is 24.8 Å². The Morgan fingerprint density at radius 1 is 1.19 bits per heavy atom. The molecule has 0 aromatic heterocycles. The molecule has 0 saturated heterocycles. The maximum absolute atomic E-state index is 12.4. The molecule has 1 N–H and O–H groups in total. The Balaban J connectivity index is 2.14. The van der Waals surface area contributed by atoms with E-state index >= 15 is 0 Å². The first kappa shape index (κ1) is 20.4. The van der Waals surface area contributed by atoms with Crippen molar-refractivity contribution in [2.24, 2.45) is 0 Å². The van der Waals surface area contributed by atoms with E-state index in [1.54, 1.807) is 50.2 Å². The average molecular weight is 387 g/mol. The van der Waals surface area contributed by atoms with Crippen molar-refractivity contribution < 1.29 is 17.9 Å². The molecule has 27 heavy (non-hydrogen) atoms. The molecule has 0 aliphatic rings. The maximum Gasteiger partial charge on any atom is 0.265 e. The Hall–Kier alpha value is -2.89. The molecule has 0 spiro atoms. The fraction of sp³-hybridized carbons (Fsp3) is 0.263. The van der Waals surface area contributed by atoms with Crippen molar-refractivity contribution >= 4 is 21.6 Å². The molecule has 1 atom stereocenters. The van der Waals surface area contributed by atoms with Crippen LogP contribution in [0.1, 0.15) is 18.1 Å². The molecule has 0 aliphatic heterocycles. The fourth-order valence-electron chi connectivity index (χ4n) is 2.26. The zero-order chi connectivity index (χ0) is 20.2. The third-order valence-electron chi connectivity index (χ3n) is 3.88. The van der Waals surface area contributed by atoms with Crippen molar-refractivity contribution in [3.63, 3.8) is 0 Å². The highest BCUT2D eigenvalue weighted by atomic mass is 32.2. The minimum Gasteiger partial charge on any atom is -0.481 e. The summed E-state index contributed by atoms with van der Waals surface area (Å²) < 4.78 is 31.4. The van der Waals surface area contributed by atoms with E-state index in [4.69, 9.17) is 10.00 Å². The molecule has 0 radical (unpaired) electrons. The van der Waals surface area contributed by atoms with Gasteiger partial charge in [-0.1, -0.05) is 6.07 Å². The van der Waals surface area contributed by atoms with Crippen LogP contribution in [0.5, 0.6) is 5.75 Å². The third-order valence-corrected chi connectivity index (χ3v) is 5.84. The summed E-state index contributed by atoms with van der Waals surface area (Å²) in [6.07, 6.45) is -0.812. The van der Waals surface area contributed by atoms with Gasteiger partial charge in [-0.25, -0.2) is 12.7 Å². The van der Waals surface area contributed by atoms with E-state index < -0.39 is 22.0 Å². The van der Waals surface area contributed by atoms with E-state index in [0.717, 1.165) is 4.31 Å². The summed E-state index contributed by atoms with van der Waals surface area (Å²) in [5, 5.41) is 11.5. The van der Waals surface area contributed by atoms with Crippen LogP contribution in [0.15, 0.2) is 47.4 Å². The second-order valence-electron chi connectivity index (χ2n) is 6.15. The van der Waals surface area contributed by atoms with Crippen LogP contribution in [0.3, 0.4) is 0 Å². The number of sulfonamides is 1. The number of hydrogen-bond donors (Lipinski definition) is 1. The number of carbonyl (C=O) groups is 1. The third kappa shape index (κ3) is 4.84. The van der Waals surface area contributed by atoms with Gasteiger partial charge < -0.3 is 10.1 Å². The van der Waals surface area contributed by atoms with E-state index in [1.165, 1.54) is 20.2 Å². The van der Waals surface area contributed by atoms with Crippen LogP contribution in [0.25, 0.3) is 0 Å². The largest absolute Gasteiger partial charge is 0.481 e. The predicted octanol–water partition coefficient (Wildman–Crippen LogP) is 2.52. The number of nitriles is 1. The first-order valence-corrected chi connectivity index (χ1v) is 9.60. The molecule has 142 valence electrons. The normalized spacial score (nSPS) is 12.3. The van der Waals surface area contributed by atoms with Gasteiger partial charge in [-0.05, 0) is 55.8 Å². The zero-order valence-electron chi connectivity index (χ0n) is 15.6. The monoisotopic (exact) mass is 387 g/mol. The summed E-state index contributed by atoms with van der Waals surface area (Å²) in [6, 6.07) is 13.1. The second-order valence-corrected chi connectivity index (χ2v) is 8.27. The lowest BCUT2D eigenvalue weighted by molar-refractivity contribution is -0.122. The van der Waals surface area contributed by atoms with E-state index in [9.17, 15) is 13.2 Å². The zero-order valence-corrected chi connectivity index (χ0v) is 16.4. The minimum absolute atomic E-state index is 0.131. The molecule has 1 unspecified atom stereocenters. The summed E-state index contributed by atoms with van der Waals surface area (Å²) in [4.78, 5) is 12.5. The number of ether oxygens (including phenoxy) is 1. The number of aryl methyl sites for hydroxylation is 1. The molecule has 0 bridgehead atoms. The van der Waals surface area contributed by atoms with Crippen molar-refractivity contribution in [3.8, 4) is 11.8 Å². The van der Waals surface area contributed by atoms with Gasteiger partial charge in [0.05, 0.1) is 16.5 Å². The van der Waals surface area contributed by atoms with Crippen LogP contribution in [0.4, 0.5) is 5.69 Å². The Morgan fingerprint density at radius 2 is 1.81 bits per heavy atom. The molecule has 8 heteroatoms. The van der Waals surface area contributed by atoms with Gasteiger partial charge >= 0.3 is 0 Å². The molecule has 0 saturated carbocycles. The lowest BCUT2D eigenvalue weighted by Gasteiger charge is -2.17. The minimum atomic E-state index is -3.62. The van der Waals surface area contributed by atoms with Gasteiger partial charge in [-0.3, -0.25) is 4.79 Å². The average Bonchev–Trinajstić information content (AvgIpc) is 2.63. The quantitative estimate of drug-likeness (QED) is 0.821. The number of hydrogen-bond acceptors (Lipinski definition) is 5. The molecular weight excluding hydrogens is 366 g/mol. The Bertz CT molecular complexity index is 977. The summed E-state index contributed by atoms with van der Waals surface area (Å²) in [5.74, 6) is 0.0350. The summed E-state index contributed by atoms with van der Waals surface area (Å²) in [6.45, 7) is 3.28. The second kappa shape index (κ2) is 8.20. The number of carbonyl (C=O) groups excluding carboxylic acids is 1. The Labute approximate surface area is 159 Å². The van der Waals surface area contributed by atoms with Gasteiger partial charge in [0, 0.05) is 19.8 Å². The topological polar surface area (TPSA) is 99.5 Å². The highest BCUT2D eigenvalue weighted by molar-refractivity contribution is 7.89. The van der Waals surface area contributed by atoms with Gasteiger partial charge in [0.25, 0.3) is 5.91 Å². The van der Waals surface area contributed by atoms with Crippen LogP contribution in [-0.4, -0.2) is 38.8 Å². The van der Waals surface area contributed by atoms with Crippen molar-refractivity contribution in [2.75, 3.05) is 19.4 Å². The number of rotatable bonds is 6. The van der Waals surface area contributed by atoms with Crippen LogP contribution in [-0.2, 0) is 14.8 Å². The van der Waals surface area contributed by atoms with Crippen molar-refractivity contribution in [1.29, 1.82) is 5.26 Å². The Morgan fingerprint density at radius 3 is 2.37 bits per heavy atom. The van der Waals surface area contributed by atoms with Crippen molar-refractivity contribution in [1.82, 2.24) is 4.31 Å². The molecule has 7 nitrogen and oxygen atoms in total. The molecule has 2 aromatic rings. The van der Waals surface area contributed by atoms with Gasteiger partial charge in [-0.15, -0.1) is 0 Å². The summed E-state index contributed by atoms with van der Waals surface area (Å²) in [5.41, 5.74) is 1.44. The standard InChI is InChI=1S/C19H21N3O4S/c1-13-5-8-16(11-18(13)27(24,25)22(3)4)21-19(23)14(2)26-17-9-6-15(12-20)7-10-17/h5-11,14H,1-4H3,(H,21,23). The van der Waals surface area contributed by atoms with Crippen molar-refractivity contribution in [3.05, 3.63) is 53.6 Å². The number of nitrogens with one attached hydrogen (secondary N) is 1. The van der Waals surface area contributed by atoms with Gasteiger partial charge in [0.2, 0.25) is 10.0 Å². The molecule has 0 fully saturated rings. The fourth-order valence-corrected chi connectivity index (χ4v) is 3.41. The lowest BCUT2D eigenvalue weighted by atomic mass is 10.2. The molecule has 0 heterocycles. The molecular formula is C19H21N3O4S. The van der Waals surface area contributed by atoms with Crippen LogP contribution < -0.4 is 10.1 Å². The van der Waals surface area contributed by atoms with Crippen LogP contribution in [0.2, 0.25) is 0 Å². The highest BCUT2D eigenvalue weighted by Gasteiger charge is 2.21. The molecule has 2 aromatic carbocycles. The van der Waals surface area contributed by atoms with E-state index in [1.807, 2.05) is 6.07 Å². The van der Waals surface area contributed by atoms with Crippen LogP contribution in [0, 0.1) is 18.3 Å². The molecule has 0 aliphatic carbocycles. The lowest BCUT2D eigenvalue weighted by Crippen LogP contribution is -2.30. The van der Waals surface area contributed by atoms with E-state index in [2.05, 4.69) is 5.32 Å². The number of nitrogens with zero attached hydrogens (tertiary/aromatic N) is 2. The van der Waals surface area contributed by atoms with E-state index in [-0.39, 0.29) is 4.90 Å². The van der Waals surface area contributed by atoms with Gasteiger partial charge in [0.1, 0.15) is 5.75 Å². The first-order valence-electron chi connectivity index (χ1n) is 8.16. The smallest absolute Gasteiger partial charge is 0.265 e. The SMILES string of the molecule is Cc1ccc(NC(=O)C(C)Oc2ccc(C#N)cc2)cc1S(=O)(=O)N(C)C. The number of anilines is 1. The first-order chi connectivity index (χ1) is 12.6. The molecule has 1 amide bonds. The Kier molecular flexibility index (Phi) is 6.20. The summed E-state index contributed by atoms with van der Waals surface area (Å²) in [7, 11) is -0.713. The van der Waals surface area contributed by atoms with Gasteiger partial charge in [-0.2, -0.15) is 5.26 Å². The van der Waals surface area contributed by atoms with E-state index in [0.29, 0.717) is 22.6 Å².